The molecule has 0 spiro atoms. The average molecular weight is 403 g/mol. The molecular formula is C26H26FNO2. The number of ether oxygens (including phenoxy) is 2. The summed E-state index contributed by atoms with van der Waals surface area (Å²) < 4.78 is 25.4. The Labute approximate surface area is 176 Å². The molecule has 2 aromatic carbocycles. The van der Waals surface area contributed by atoms with E-state index in [1.165, 1.54) is 12.1 Å². The van der Waals surface area contributed by atoms with Crippen molar-refractivity contribution in [1.82, 2.24) is 4.98 Å². The van der Waals surface area contributed by atoms with Crippen LogP contribution < -0.4 is 0 Å². The zero-order valence-corrected chi connectivity index (χ0v) is 17.4. The van der Waals surface area contributed by atoms with E-state index in [9.17, 15) is 4.39 Å². The first-order valence-corrected chi connectivity index (χ1v) is 10.7. The molecule has 0 bridgehead atoms. The summed E-state index contributed by atoms with van der Waals surface area (Å²) in [4.78, 5) is 5.04. The van der Waals surface area contributed by atoms with E-state index in [-0.39, 0.29) is 11.9 Å². The molecule has 4 heteroatoms. The second-order valence-corrected chi connectivity index (χ2v) is 8.64. The maximum atomic E-state index is 13.6. The molecular weight excluding hydrogens is 377 g/mol. The SMILES string of the molecule is CC1(C)OCC[C@H](C=Cc2c(C3CC3)nc3ccccc3c2-c2ccc(F)cc2)O1. The van der Waals surface area contributed by atoms with E-state index in [1.54, 1.807) is 0 Å². The summed E-state index contributed by atoms with van der Waals surface area (Å²) in [6, 6.07) is 15.0. The van der Waals surface area contributed by atoms with E-state index in [0.29, 0.717) is 12.5 Å². The highest BCUT2D eigenvalue weighted by Gasteiger charge is 2.31. The van der Waals surface area contributed by atoms with Crippen molar-refractivity contribution < 1.29 is 13.9 Å². The first-order valence-electron chi connectivity index (χ1n) is 10.7. The topological polar surface area (TPSA) is 31.4 Å². The number of rotatable bonds is 4. The minimum atomic E-state index is -0.575. The van der Waals surface area contributed by atoms with Crippen molar-refractivity contribution in [1.29, 1.82) is 0 Å². The van der Waals surface area contributed by atoms with Crippen molar-refractivity contribution in [3.63, 3.8) is 0 Å². The summed E-state index contributed by atoms with van der Waals surface area (Å²) in [5.74, 6) is -0.316. The molecule has 2 fully saturated rings. The molecule has 1 saturated carbocycles. The highest BCUT2D eigenvalue weighted by molar-refractivity contribution is 5.99. The molecule has 2 aliphatic rings. The van der Waals surface area contributed by atoms with Gasteiger partial charge in [0.25, 0.3) is 0 Å². The van der Waals surface area contributed by atoms with Gasteiger partial charge in [-0.2, -0.15) is 0 Å². The molecule has 2 heterocycles. The number of aromatic nitrogens is 1. The molecule has 0 N–H and O–H groups in total. The Bertz CT molecular complexity index is 1100. The third-order valence-electron chi connectivity index (χ3n) is 5.82. The van der Waals surface area contributed by atoms with Crippen LogP contribution in [0.5, 0.6) is 0 Å². The molecule has 1 atom stereocenters. The minimum absolute atomic E-state index is 0.00617. The molecule has 3 nitrogen and oxygen atoms in total. The molecule has 0 unspecified atom stereocenters. The molecule has 1 aliphatic carbocycles. The van der Waals surface area contributed by atoms with Gasteiger partial charge in [-0.1, -0.05) is 42.5 Å². The van der Waals surface area contributed by atoms with Crippen molar-refractivity contribution in [3.05, 3.63) is 71.7 Å². The largest absolute Gasteiger partial charge is 0.350 e. The van der Waals surface area contributed by atoms with Gasteiger partial charge in [0.2, 0.25) is 0 Å². The van der Waals surface area contributed by atoms with Crippen LogP contribution in [0.1, 0.15) is 50.3 Å². The Morgan fingerprint density at radius 2 is 1.80 bits per heavy atom. The van der Waals surface area contributed by atoms with E-state index < -0.39 is 5.79 Å². The second kappa shape index (κ2) is 7.60. The third-order valence-corrected chi connectivity index (χ3v) is 5.82. The smallest absolute Gasteiger partial charge is 0.163 e. The van der Waals surface area contributed by atoms with Crippen LogP contribution in [0.15, 0.2) is 54.6 Å². The van der Waals surface area contributed by atoms with Gasteiger partial charge in [-0.25, -0.2) is 4.39 Å². The zero-order valence-electron chi connectivity index (χ0n) is 17.4. The van der Waals surface area contributed by atoms with Gasteiger partial charge in [-0.15, -0.1) is 0 Å². The van der Waals surface area contributed by atoms with Crippen LogP contribution in [0.3, 0.4) is 0 Å². The van der Waals surface area contributed by atoms with Crippen LogP contribution >= 0.6 is 0 Å². The quantitative estimate of drug-likeness (QED) is 0.500. The van der Waals surface area contributed by atoms with Crippen LogP contribution in [0.4, 0.5) is 4.39 Å². The number of pyridine rings is 1. The lowest BCUT2D eigenvalue weighted by molar-refractivity contribution is -0.262. The fourth-order valence-corrected chi connectivity index (χ4v) is 4.23. The Morgan fingerprint density at radius 1 is 1.03 bits per heavy atom. The molecule has 154 valence electrons. The summed E-state index contributed by atoms with van der Waals surface area (Å²) in [5, 5.41) is 1.08. The van der Waals surface area contributed by atoms with Gasteiger partial charge in [0, 0.05) is 28.9 Å². The molecule has 3 aromatic rings. The van der Waals surface area contributed by atoms with Crippen molar-refractivity contribution in [3.8, 4) is 11.1 Å². The number of hydrogen-bond donors (Lipinski definition) is 0. The standard InChI is InChI=1S/C26H26FNO2/c1-26(2)29-16-15-20(30-26)13-14-22-24(17-9-11-19(27)12-10-17)21-5-3-4-6-23(21)28-25(22)18-7-8-18/h3-6,9-14,18,20H,7-8,15-16H2,1-2H3/t20-/m0/s1. The molecule has 1 aliphatic heterocycles. The summed E-state index contributed by atoms with van der Waals surface area (Å²) in [7, 11) is 0. The normalized spacial score (nSPS) is 21.4. The number of nitrogens with zero attached hydrogens (tertiary/aromatic N) is 1. The molecule has 0 amide bonds. The fourth-order valence-electron chi connectivity index (χ4n) is 4.23. The van der Waals surface area contributed by atoms with E-state index in [1.807, 2.05) is 38.1 Å². The molecule has 5 rings (SSSR count). The Morgan fingerprint density at radius 3 is 2.53 bits per heavy atom. The lowest BCUT2D eigenvalue weighted by Gasteiger charge is -2.34. The number of para-hydroxylation sites is 1. The summed E-state index contributed by atoms with van der Waals surface area (Å²) in [6.45, 7) is 4.58. The molecule has 0 radical (unpaired) electrons. The van der Waals surface area contributed by atoms with Crippen LogP contribution in [-0.2, 0) is 9.47 Å². The monoisotopic (exact) mass is 403 g/mol. The number of halogens is 1. The van der Waals surface area contributed by atoms with Crippen LogP contribution in [-0.4, -0.2) is 23.5 Å². The van der Waals surface area contributed by atoms with Crippen LogP contribution in [0.2, 0.25) is 0 Å². The zero-order chi connectivity index (χ0) is 20.7. The predicted molar refractivity (Wildman–Crippen MR) is 118 cm³/mol. The van der Waals surface area contributed by atoms with Gasteiger partial charge in [0.1, 0.15) is 5.82 Å². The van der Waals surface area contributed by atoms with Crippen molar-refractivity contribution in [2.75, 3.05) is 6.61 Å². The van der Waals surface area contributed by atoms with Gasteiger partial charge in [0.15, 0.2) is 5.79 Å². The fraction of sp³-hybridized carbons (Fsp3) is 0.346. The number of hydrogen-bond acceptors (Lipinski definition) is 3. The number of benzene rings is 2. The lowest BCUT2D eigenvalue weighted by Crippen LogP contribution is -2.38. The Kier molecular flexibility index (Phi) is 4.92. The third kappa shape index (κ3) is 3.90. The van der Waals surface area contributed by atoms with Gasteiger partial charge >= 0.3 is 0 Å². The summed E-state index contributed by atoms with van der Waals surface area (Å²) in [5.41, 5.74) is 5.36. The summed E-state index contributed by atoms with van der Waals surface area (Å²) >= 11 is 0. The number of fused-ring (bicyclic) bond motifs is 1. The predicted octanol–water partition coefficient (Wildman–Crippen LogP) is 6.47. The van der Waals surface area contributed by atoms with E-state index in [4.69, 9.17) is 14.5 Å². The highest BCUT2D eigenvalue weighted by Crippen LogP contribution is 2.45. The second-order valence-electron chi connectivity index (χ2n) is 8.64. The van der Waals surface area contributed by atoms with E-state index in [0.717, 1.165) is 52.5 Å². The summed E-state index contributed by atoms with van der Waals surface area (Å²) in [6.07, 6.45) is 7.44. The van der Waals surface area contributed by atoms with Gasteiger partial charge < -0.3 is 9.47 Å². The van der Waals surface area contributed by atoms with Crippen molar-refractivity contribution >= 4 is 17.0 Å². The van der Waals surface area contributed by atoms with Crippen molar-refractivity contribution in [2.45, 2.75) is 50.9 Å². The van der Waals surface area contributed by atoms with Gasteiger partial charge in [-0.3, -0.25) is 4.98 Å². The first-order chi connectivity index (χ1) is 14.5. The minimum Gasteiger partial charge on any atom is -0.350 e. The van der Waals surface area contributed by atoms with Crippen LogP contribution in [0, 0.1) is 5.82 Å². The molecule has 1 saturated heterocycles. The van der Waals surface area contributed by atoms with E-state index >= 15 is 0 Å². The van der Waals surface area contributed by atoms with E-state index in [2.05, 4.69) is 24.3 Å². The lowest BCUT2D eigenvalue weighted by atomic mass is 9.92. The maximum Gasteiger partial charge on any atom is 0.163 e. The first kappa shape index (κ1) is 19.4. The Hall–Kier alpha value is -2.56. The maximum absolute atomic E-state index is 13.6. The van der Waals surface area contributed by atoms with Gasteiger partial charge in [-0.05, 0) is 50.5 Å². The average Bonchev–Trinajstić information content (AvgIpc) is 3.57. The van der Waals surface area contributed by atoms with Crippen LogP contribution in [0.25, 0.3) is 28.1 Å². The van der Waals surface area contributed by atoms with Gasteiger partial charge in [0.05, 0.1) is 23.9 Å². The van der Waals surface area contributed by atoms with Crippen molar-refractivity contribution in [2.24, 2.45) is 0 Å². The molecule has 1 aromatic heterocycles. The molecule has 30 heavy (non-hydrogen) atoms. The highest BCUT2D eigenvalue weighted by atomic mass is 19.1. The Balaban J connectivity index is 1.67.